The van der Waals surface area contributed by atoms with Crippen LogP contribution in [0.25, 0.3) is 0 Å². The Bertz CT molecular complexity index is 769. The Morgan fingerprint density at radius 2 is 1.59 bits per heavy atom. The molecule has 6 nitrogen and oxygen atoms in total. The van der Waals surface area contributed by atoms with E-state index in [-0.39, 0.29) is 17.9 Å². The second-order valence-corrected chi connectivity index (χ2v) is 8.25. The van der Waals surface area contributed by atoms with Crippen molar-refractivity contribution in [3.05, 3.63) is 52.2 Å². The van der Waals surface area contributed by atoms with E-state index in [2.05, 4.69) is 21.9 Å². The number of ketones is 1. The quantitative estimate of drug-likeness (QED) is 0.647. The van der Waals surface area contributed by atoms with Crippen LogP contribution in [0, 0.1) is 0 Å². The van der Waals surface area contributed by atoms with E-state index in [1.54, 1.807) is 7.11 Å². The third-order valence-corrected chi connectivity index (χ3v) is 6.55. The average Bonchev–Trinajstić information content (AvgIpc) is 3.33. The van der Waals surface area contributed by atoms with Gasteiger partial charge in [0, 0.05) is 26.2 Å². The number of ether oxygens (including phenoxy) is 3. The van der Waals surface area contributed by atoms with E-state index >= 15 is 0 Å². The van der Waals surface area contributed by atoms with E-state index in [0.717, 1.165) is 42.4 Å². The second-order valence-electron chi connectivity index (χ2n) is 7.30. The van der Waals surface area contributed by atoms with Crippen molar-refractivity contribution in [2.45, 2.75) is 12.1 Å². The lowest BCUT2D eigenvalue weighted by atomic mass is 9.91. The first-order chi connectivity index (χ1) is 14.3. The molecule has 2 aromatic rings. The van der Waals surface area contributed by atoms with Crippen molar-refractivity contribution in [1.29, 1.82) is 0 Å². The summed E-state index contributed by atoms with van der Waals surface area (Å²) in [6, 6.07) is 11.7. The van der Waals surface area contributed by atoms with E-state index in [1.807, 2.05) is 29.6 Å². The Kier molecular flexibility index (Phi) is 6.94. The molecule has 1 aromatic heterocycles. The van der Waals surface area contributed by atoms with Gasteiger partial charge in [-0.15, -0.1) is 11.3 Å². The van der Waals surface area contributed by atoms with Gasteiger partial charge in [-0.2, -0.15) is 0 Å². The van der Waals surface area contributed by atoms with Crippen LogP contribution in [0.2, 0.25) is 0 Å². The second kappa shape index (κ2) is 9.82. The minimum absolute atomic E-state index is 0.0440. The number of hydrogen-bond acceptors (Lipinski definition) is 7. The third-order valence-electron chi connectivity index (χ3n) is 5.67. The minimum Gasteiger partial charge on any atom is -0.497 e. The van der Waals surface area contributed by atoms with Crippen LogP contribution in [0.1, 0.15) is 21.3 Å². The van der Waals surface area contributed by atoms with Gasteiger partial charge in [-0.1, -0.05) is 18.2 Å². The molecule has 7 heteroatoms. The van der Waals surface area contributed by atoms with Gasteiger partial charge in [0.2, 0.25) is 0 Å². The predicted molar refractivity (Wildman–Crippen MR) is 113 cm³/mol. The van der Waals surface area contributed by atoms with Gasteiger partial charge in [0.05, 0.1) is 50.5 Å². The molecular formula is C22H28N2O4S. The Balaban J connectivity index is 1.74. The highest BCUT2D eigenvalue weighted by Crippen LogP contribution is 2.33. The first kappa shape index (κ1) is 20.5. The number of benzene rings is 1. The Morgan fingerprint density at radius 3 is 2.14 bits per heavy atom. The van der Waals surface area contributed by atoms with E-state index in [1.165, 1.54) is 11.3 Å². The molecule has 156 valence electrons. The van der Waals surface area contributed by atoms with Gasteiger partial charge in [0.1, 0.15) is 5.75 Å². The van der Waals surface area contributed by atoms with Crippen LogP contribution in [-0.2, 0) is 9.47 Å². The number of hydrogen-bond donors (Lipinski definition) is 0. The van der Waals surface area contributed by atoms with Crippen molar-refractivity contribution in [3.63, 3.8) is 0 Å². The highest BCUT2D eigenvalue weighted by molar-refractivity contribution is 7.12. The smallest absolute Gasteiger partial charge is 0.191 e. The average molecular weight is 417 g/mol. The first-order valence-electron chi connectivity index (χ1n) is 10.1. The van der Waals surface area contributed by atoms with Crippen LogP contribution in [0.5, 0.6) is 5.75 Å². The van der Waals surface area contributed by atoms with Crippen molar-refractivity contribution >= 4 is 17.1 Å². The zero-order valence-electron chi connectivity index (χ0n) is 16.8. The van der Waals surface area contributed by atoms with Gasteiger partial charge in [0.25, 0.3) is 0 Å². The number of carbonyl (C=O) groups excluding carboxylic acids is 1. The summed E-state index contributed by atoms with van der Waals surface area (Å²) in [7, 11) is 1.67. The first-order valence-corrected chi connectivity index (χ1v) is 11.0. The summed E-state index contributed by atoms with van der Waals surface area (Å²) < 4.78 is 16.5. The van der Waals surface area contributed by atoms with Crippen molar-refractivity contribution in [1.82, 2.24) is 9.80 Å². The monoisotopic (exact) mass is 416 g/mol. The molecular weight excluding hydrogens is 388 g/mol. The maximum absolute atomic E-state index is 13.7. The SMILES string of the molecule is COc1ccc([C@H]([C@@H](C(=O)c2cccs2)N2CCOCC2)N2CCOCC2)cc1. The molecule has 0 saturated carbocycles. The molecule has 29 heavy (non-hydrogen) atoms. The molecule has 2 saturated heterocycles. The van der Waals surface area contributed by atoms with Crippen LogP contribution in [-0.4, -0.2) is 81.3 Å². The zero-order chi connectivity index (χ0) is 20.1. The number of morpholine rings is 2. The van der Waals surface area contributed by atoms with E-state index in [0.29, 0.717) is 26.4 Å². The fraction of sp³-hybridized carbons (Fsp3) is 0.500. The molecule has 0 spiro atoms. The van der Waals surface area contributed by atoms with E-state index < -0.39 is 0 Å². The summed E-state index contributed by atoms with van der Waals surface area (Å²) in [5, 5.41) is 1.97. The van der Waals surface area contributed by atoms with Gasteiger partial charge < -0.3 is 14.2 Å². The lowest BCUT2D eigenvalue weighted by molar-refractivity contribution is -0.0300. The molecule has 2 atom stereocenters. The maximum atomic E-state index is 13.7. The fourth-order valence-corrected chi connectivity index (χ4v) is 4.88. The van der Waals surface area contributed by atoms with Crippen LogP contribution >= 0.6 is 11.3 Å². The molecule has 0 unspecified atom stereocenters. The van der Waals surface area contributed by atoms with Gasteiger partial charge in [-0.25, -0.2) is 0 Å². The van der Waals surface area contributed by atoms with Crippen molar-refractivity contribution in [2.75, 3.05) is 59.7 Å². The molecule has 2 aliphatic heterocycles. The molecule has 4 rings (SSSR count). The molecule has 0 radical (unpaired) electrons. The lowest BCUT2D eigenvalue weighted by Gasteiger charge is -2.44. The fourth-order valence-electron chi connectivity index (χ4n) is 4.18. The van der Waals surface area contributed by atoms with Gasteiger partial charge in [-0.3, -0.25) is 14.6 Å². The summed E-state index contributed by atoms with van der Waals surface area (Å²) in [5.74, 6) is 1.01. The molecule has 0 N–H and O–H groups in total. The van der Waals surface area contributed by atoms with Crippen molar-refractivity contribution in [3.8, 4) is 5.75 Å². The number of methoxy groups -OCH3 is 1. The molecule has 0 amide bonds. The predicted octanol–water partition coefficient (Wildman–Crippen LogP) is 2.71. The molecule has 0 bridgehead atoms. The summed E-state index contributed by atoms with van der Waals surface area (Å²) >= 11 is 1.52. The van der Waals surface area contributed by atoms with Crippen molar-refractivity contribution in [2.24, 2.45) is 0 Å². The molecule has 1 aromatic carbocycles. The summed E-state index contributed by atoms with van der Waals surface area (Å²) in [6.07, 6.45) is 0. The van der Waals surface area contributed by atoms with Gasteiger partial charge in [-0.05, 0) is 29.1 Å². The number of nitrogens with zero attached hydrogens (tertiary/aromatic N) is 2. The van der Waals surface area contributed by atoms with Crippen LogP contribution < -0.4 is 4.74 Å². The highest BCUT2D eigenvalue weighted by atomic mass is 32.1. The third kappa shape index (κ3) is 4.70. The van der Waals surface area contributed by atoms with Gasteiger partial charge >= 0.3 is 0 Å². The standard InChI is InChI=1S/C22H28N2O4S/c1-26-18-6-4-17(5-7-18)20(23-8-12-27-13-9-23)21(24-10-14-28-15-11-24)22(25)19-3-2-16-29-19/h2-7,16,20-21H,8-15H2,1H3/t20-,21+/m1/s1. The van der Waals surface area contributed by atoms with E-state index in [9.17, 15) is 4.79 Å². The zero-order valence-corrected chi connectivity index (χ0v) is 17.6. The van der Waals surface area contributed by atoms with E-state index in [4.69, 9.17) is 14.2 Å². The number of rotatable bonds is 7. The van der Waals surface area contributed by atoms with Crippen molar-refractivity contribution < 1.29 is 19.0 Å². The molecule has 2 aliphatic rings. The number of carbonyl (C=O) groups is 1. The molecule has 0 aliphatic carbocycles. The summed E-state index contributed by atoms with van der Waals surface area (Å²) in [5.41, 5.74) is 1.13. The Hall–Kier alpha value is -1.77. The van der Waals surface area contributed by atoms with Crippen LogP contribution in [0.3, 0.4) is 0 Å². The summed E-state index contributed by atoms with van der Waals surface area (Å²) in [6.45, 7) is 5.85. The lowest BCUT2D eigenvalue weighted by Crippen LogP contribution is -2.55. The Morgan fingerprint density at radius 1 is 0.966 bits per heavy atom. The minimum atomic E-state index is -0.260. The largest absolute Gasteiger partial charge is 0.497 e. The highest BCUT2D eigenvalue weighted by Gasteiger charge is 2.40. The Labute approximate surface area is 176 Å². The summed E-state index contributed by atoms with van der Waals surface area (Å²) in [4.78, 5) is 19.2. The van der Waals surface area contributed by atoms with Gasteiger partial charge in [0.15, 0.2) is 5.78 Å². The van der Waals surface area contributed by atoms with Crippen LogP contribution in [0.15, 0.2) is 41.8 Å². The molecule has 3 heterocycles. The molecule has 2 fully saturated rings. The topological polar surface area (TPSA) is 51.2 Å². The maximum Gasteiger partial charge on any atom is 0.191 e. The van der Waals surface area contributed by atoms with Crippen LogP contribution in [0.4, 0.5) is 0 Å². The number of thiophene rings is 1. The number of Topliss-reactive ketones (excluding diaryl/α,β-unsaturated/α-hetero) is 1. The normalized spacial score (nSPS) is 20.9.